The smallest absolute Gasteiger partial charge is 0.0401 e. The summed E-state index contributed by atoms with van der Waals surface area (Å²) in [6.45, 7) is 2.27. The van der Waals surface area contributed by atoms with Crippen LogP contribution in [0.2, 0.25) is 0 Å². The Kier molecular flexibility index (Phi) is 8.99. The van der Waals surface area contributed by atoms with Gasteiger partial charge in [0.05, 0.1) is 0 Å². The Morgan fingerprint density at radius 3 is 2.28 bits per heavy atom. The maximum atomic E-state index is 6.20. The first kappa shape index (κ1) is 16.2. The molecule has 0 radical (unpaired) electrons. The van der Waals surface area contributed by atoms with Crippen LogP contribution in [0.5, 0.6) is 0 Å². The molecule has 0 aliphatic heterocycles. The number of thiophene rings is 1. The van der Waals surface area contributed by atoms with Crippen LogP contribution in [0.25, 0.3) is 0 Å². The molecule has 18 heavy (non-hydrogen) atoms. The summed E-state index contributed by atoms with van der Waals surface area (Å²) in [7, 11) is 0. The molecule has 0 saturated carbocycles. The molecule has 3 heteroatoms. The molecule has 0 aliphatic carbocycles. The Morgan fingerprint density at radius 1 is 1.11 bits per heavy atom. The fourth-order valence-corrected chi connectivity index (χ4v) is 3.90. The van der Waals surface area contributed by atoms with E-state index in [4.69, 9.17) is 5.73 Å². The maximum absolute atomic E-state index is 6.20. The molecular weight excluding hydrogens is 306 g/mol. The molecule has 0 amide bonds. The van der Waals surface area contributed by atoms with E-state index >= 15 is 0 Å². The lowest BCUT2D eigenvalue weighted by Crippen LogP contribution is -2.08. The van der Waals surface area contributed by atoms with Crippen LogP contribution >= 0.6 is 27.3 Å². The van der Waals surface area contributed by atoms with Gasteiger partial charge in [0.25, 0.3) is 0 Å². The van der Waals surface area contributed by atoms with Crippen molar-refractivity contribution in [3.8, 4) is 0 Å². The Labute approximate surface area is 124 Å². The van der Waals surface area contributed by atoms with E-state index in [0.717, 1.165) is 6.42 Å². The average molecular weight is 332 g/mol. The molecule has 1 atom stereocenters. The van der Waals surface area contributed by atoms with Gasteiger partial charge in [-0.15, -0.1) is 11.3 Å². The monoisotopic (exact) mass is 331 g/mol. The molecule has 0 aliphatic rings. The van der Waals surface area contributed by atoms with Crippen LogP contribution in [0.15, 0.2) is 15.9 Å². The van der Waals surface area contributed by atoms with Gasteiger partial charge in [-0.2, -0.15) is 0 Å². The van der Waals surface area contributed by atoms with Gasteiger partial charge in [0.15, 0.2) is 0 Å². The molecule has 0 fully saturated rings. The van der Waals surface area contributed by atoms with Gasteiger partial charge in [0.2, 0.25) is 0 Å². The van der Waals surface area contributed by atoms with E-state index in [2.05, 4.69) is 34.3 Å². The van der Waals surface area contributed by atoms with Gasteiger partial charge in [0, 0.05) is 15.4 Å². The molecule has 1 aromatic rings. The zero-order valence-electron chi connectivity index (χ0n) is 11.5. The van der Waals surface area contributed by atoms with Gasteiger partial charge >= 0.3 is 0 Å². The fraction of sp³-hybridized carbons (Fsp3) is 0.733. The molecule has 104 valence electrons. The third-order valence-corrected chi connectivity index (χ3v) is 5.35. The summed E-state index contributed by atoms with van der Waals surface area (Å²) in [5.74, 6) is 0. The van der Waals surface area contributed by atoms with Gasteiger partial charge in [-0.05, 0) is 33.8 Å². The van der Waals surface area contributed by atoms with Crippen molar-refractivity contribution >= 4 is 27.3 Å². The van der Waals surface area contributed by atoms with Crippen molar-refractivity contribution in [1.29, 1.82) is 0 Å². The van der Waals surface area contributed by atoms with E-state index in [0.29, 0.717) is 0 Å². The summed E-state index contributed by atoms with van der Waals surface area (Å²) in [4.78, 5) is 1.30. The highest BCUT2D eigenvalue weighted by Gasteiger charge is 2.10. The van der Waals surface area contributed by atoms with Crippen LogP contribution in [-0.4, -0.2) is 0 Å². The van der Waals surface area contributed by atoms with Gasteiger partial charge in [-0.25, -0.2) is 0 Å². The predicted octanol–water partition coefficient (Wildman–Crippen LogP) is 6.04. The molecule has 1 heterocycles. The van der Waals surface area contributed by atoms with Crippen LogP contribution in [0, 0.1) is 0 Å². The third-order valence-electron chi connectivity index (χ3n) is 3.35. The summed E-state index contributed by atoms with van der Waals surface area (Å²) in [6.07, 6.45) is 12.1. The predicted molar refractivity (Wildman–Crippen MR) is 86.2 cm³/mol. The largest absolute Gasteiger partial charge is 0.323 e. The number of nitrogens with two attached hydrogens (primary N) is 1. The zero-order chi connectivity index (χ0) is 13.2. The number of hydrogen-bond acceptors (Lipinski definition) is 2. The molecule has 0 aromatic carbocycles. The lowest BCUT2D eigenvalue weighted by molar-refractivity contribution is 0.538. The normalized spacial score (nSPS) is 12.8. The van der Waals surface area contributed by atoms with Crippen LogP contribution < -0.4 is 5.73 Å². The second-order valence-corrected chi connectivity index (χ2v) is 6.80. The highest BCUT2D eigenvalue weighted by molar-refractivity contribution is 9.10. The second kappa shape index (κ2) is 9.99. The molecule has 0 bridgehead atoms. The number of hydrogen-bond donors (Lipinski definition) is 1. The van der Waals surface area contributed by atoms with Crippen molar-refractivity contribution in [3.05, 3.63) is 20.8 Å². The Balaban J connectivity index is 1.99. The summed E-state index contributed by atoms with van der Waals surface area (Å²) < 4.78 is 1.18. The van der Waals surface area contributed by atoms with Gasteiger partial charge in [0.1, 0.15) is 0 Å². The SMILES string of the molecule is CCCCCCCCCCC(N)c1sccc1Br. The molecule has 1 nitrogen and oxygen atoms in total. The topological polar surface area (TPSA) is 26.0 Å². The van der Waals surface area contributed by atoms with Crippen LogP contribution in [-0.2, 0) is 0 Å². The van der Waals surface area contributed by atoms with E-state index in [9.17, 15) is 0 Å². The van der Waals surface area contributed by atoms with Crippen molar-refractivity contribution in [2.75, 3.05) is 0 Å². The van der Waals surface area contributed by atoms with Crippen molar-refractivity contribution in [2.24, 2.45) is 5.73 Å². The van der Waals surface area contributed by atoms with Crippen LogP contribution in [0.1, 0.15) is 75.6 Å². The molecule has 2 N–H and O–H groups in total. The van der Waals surface area contributed by atoms with E-state index in [1.54, 1.807) is 11.3 Å². The summed E-state index contributed by atoms with van der Waals surface area (Å²) in [5.41, 5.74) is 6.20. The van der Waals surface area contributed by atoms with Gasteiger partial charge in [-0.1, -0.05) is 58.3 Å². The fourth-order valence-electron chi connectivity index (χ4n) is 2.20. The van der Waals surface area contributed by atoms with E-state index in [1.165, 1.54) is 60.7 Å². The van der Waals surface area contributed by atoms with E-state index < -0.39 is 0 Å². The van der Waals surface area contributed by atoms with Crippen LogP contribution in [0.4, 0.5) is 0 Å². The minimum Gasteiger partial charge on any atom is -0.323 e. The standard InChI is InChI=1S/C15H26BrNS/c1-2-3-4-5-6-7-8-9-10-14(17)15-13(16)11-12-18-15/h11-12,14H,2-10,17H2,1H3. The van der Waals surface area contributed by atoms with Crippen molar-refractivity contribution in [3.63, 3.8) is 0 Å². The van der Waals surface area contributed by atoms with Gasteiger partial charge in [-0.3, -0.25) is 0 Å². The number of halogens is 1. The quantitative estimate of drug-likeness (QED) is 0.519. The number of rotatable bonds is 10. The van der Waals surface area contributed by atoms with Gasteiger partial charge < -0.3 is 5.73 Å². The van der Waals surface area contributed by atoms with Crippen molar-refractivity contribution in [1.82, 2.24) is 0 Å². The number of unbranched alkanes of at least 4 members (excludes halogenated alkanes) is 7. The molecule has 0 spiro atoms. The second-order valence-electron chi connectivity index (χ2n) is 5.00. The average Bonchev–Trinajstić information content (AvgIpc) is 2.79. The molecule has 1 aromatic heterocycles. The molecule has 1 rings (SSSR count). The molecule has 0 saturated heterocycles. The minimum atomic E-state index is 0.222. The first-order chi connectivity index (χ1) is 8.75. The first-order valence-electron chi connectivity index (χ1n) is 7.24. The summed E-state index contributed by atoms with van der Waals surface area (Å²) >= 11 is 5.32. The highest BCUT2D eigenvalue weighted by atomic mass is 79.9. The Bertz CT molecular complexity index is 311. The zero-order valence-corrected chi connectivity index (χ0v) is 13.9. The van der Waals surface area contributed by atoms with Crippen LogP contribution in [0.3, 0.4) is 0 Å². The highest BCUT2D eigenvalue weighted by Crippen LogP contribution is 2.30. The molecule has 1 unspecified atom stereocenters. The maximum Gasteiger partial charge on any atom is 0.0401 e. The van der Waals surface area contributed by atoms with E-state index in [-0.39, 0.29) is 6.04 Å². The summed E-state index contributed by atoms with van der Waals surface area (Å²) in [6, 6.07) is 2.31. The molecular formula is C15H26BrNS. The lowest BCUT2D eigenvalue weighted by Gasteiger charge is -2.10. The van der Waals surface area contributed by atoms with E-state index in [1.807, 2.05) is 0 Å². The first-order valence-corrected chi connectivity index (χ1v) is 8.91. The lowest BCUT2D eigenvalue weighted by atomic mass is 10.0. The Morgan fingerprint density at radius 2 is 1.72 bits per heavy atom. The summed E-state index contributed by atoms with van der Waals surface area (Å²) in [5, 5.41) is 2.10. The van der Waals surface area contributed by atoms with Crippen molar-refractivity contribution < 1.29 is 0 Å². The Hall–Kier alpha value is 0.140. The minimum absolute atomic E-state index is 0.222. The third kappa shape index (κ3) is 6.35. The van der Waals surface area contributed by atoms with Crippen molar-refractivity contribution in [2.45, 2.75) is 70.8 Å².